The second-order valence-corrected chi connectivity index (χ2v) is 10.1. The normalized spacial score (nSPS) is 13.4. The Morgan fingerprint density at radius 2 is 1.88 bits per heavy atom. The van der Waals surface area contributed by atoms with Crippen molar-refractivity contribution in [2.45, 2.75) is 18.4 Å². The number of hydrogen-bond acceptors (Lipinski definition) is 5. The SMILES string of the molecule is COc1nc2c(C(O)(CCN(C)C)c3cccs3)cc(Br)cc2cc1Cc1ccccc1. The van der Waals surface area contributed by atoms with Gasteiger partial charge < -0.3 is 14.7 Å². The topological polar surface area (TPSA) is 45.6 Å². The van der Waals surface area contributed by atoms with Gasteiger partial charge in [0, 0.05) is 38.8 Å². The Morgan fingerprint density at radius 1 is 1.09 bits per heavy atom. The molecule has 0 aliphatic heterocycles. The minimum Gasteiger partial charge on any atom is -0.481 e. The second kappa shape index (κ2) is 9.71. The van der Waals surface area contributed by atoms with Crippen molar-refractivity contribution >= 4 is 38.2 Å². The number of ether oxygens (including phenoxy) is 1. The van der Waals surface area contributed by atoms with Crippen LogP contribution in [0.15, 0.2) is 70.5 Å². The van der Waals surface area contributed by atoms with Gasteiger partial charge in [-0.25, -0.2) is 4.98 Å². The molecule has 0 radical (unpaired) electrons. The number of hydrogen-bond donors (Lipinski definition) is 1. The van der Waals surface area contributed by atoms with Crippen molar-refractivity contribution in [1.82, 2.24) is 9.88 Å². The summed E-state index contributed by atoms with van der Waals surface area (Å²) in [5, 5.41) is 15.0. The molecule has 2 aromatic heterocycles. The number of aliphatic hydroxyl groups is 1. The van der Waals surface area contributed by atoms with Crippen molar-refractivity contribution in [2.75, 3.05) is 27.7 Å². The molecule has 0 amide bonds. The fraction of sp³-hybridized carbons (Fsp3) is 0.269. The Balaban J connectivity index is 1.89. The number of methoxy groups -OCH3 is 1. The maximum absolute atomic E-state index is 12.1. The van der Waals surface area contributed by atoms with E-state index in [1.165, 1.54) is 5.56 Å². The molecule has 0 bridgehead atoms. The summed E-state index contributed by atoms with van der Waals surface area (Å²) in [6.07, 6.45) is 1.28. The lowest BCUT2D eigenvalue weighted by molar-refractivity contribution is 0.0677. The number of aromatic nitrogens is 1. The van der Waals surface area contributed by atoms with Crippen LogP contribution < -0.4 is 4.74 Å². The van der Waals surface area contributed by atoms with Gasteiger partial charge in [-0.1, -0.05) is 52.3 Å². The van der Waals surface area contributed by atoms with Gasteiger partial charge in [-0.15, -0.1) is 11.3 Å². The minimum absolute atomic E-state index is 0.557. The largest absolute Gasteiger partial charge is 0.481 e. The van der Waals surface area contributed by atoms with Crippen molar-refractivity contribution in [3.8, 4) is 5.88 Å². The molecule has 1 atom stereocenters. The van der Waals surface area contributed by atoms with Crippen LogP contribution in [0.25, 0.3) is 10.9 Å². The molecule has 32 heavy (non-hydrogen) atoms. The van der Waals surface area contributed by atoms with Crippen LogP contribution in [0.3, 0.4) is 0 Å². The highest BCUT2D eigenvalue weighted by atomic mass is 79.9. The Morgan fingerprint density at radius 3 is 2.53 bits per heavy atom. The first-order valence-electron chi connectivity index (χ1n) is 10.5. The van der Waals surface area contributed by atoms with Gasteiger partial charge in [-0.05, 0) is 55.7 Å². The summed E-state index contributed by atoms with van der Waals surface area (Å²) in [5.74, 6) is 0.589. The van der Waals surface area contributed by atoms with Crippen molar-refractivity contribution in [3.63, 3.8) is 0 Å². The molecule has 1 unspecified atom stereocenters. The number of fused-ring (bicyclic) bond motifs is 1. The number of rotatable bonds is 8. The summed E-state index contributed by atoms with van der Waals surface area (Å²) in [7, 11) is 5.69. The predicted octanol–water partition coefficient (Wildman–Crippen LogP) is 5.85. The first kappa shape index (κ1) is 22.9. The van der Waals surface area contributed by atoms with E-state index in [0.29, 0.717) is 12.3 Å². The molecule has 166 valence electrons. The lowest BCUT2D eigenvalue weighted by Crippen LogP contribution is -2.31. The summed E-state index contributed by atoms with van der Waals surface area (Å²) in [6, 6.07) is 20.4. The van der Waals surface area contributed by atoms with Gasteiger partial charge in [0.1, 0.15) is 5.60 Å². The van der Waals surface area contributed by atoms with Crippen LogP contribution in [0.4, 0.5) is 0 Å². The van der Waals surface area contributed by atoms with Crippen LogP contribution in [-0.4, -0.2) is 42.7 Å². The van der Waals surface area contributed by atoms with Crippen LogP contribution in [0.2, 0.25) is 0 Å². The number of nitrogens with zero attached hydrogens (tertiary/aromatic N) is 2. The van der Waals surface area contributed by atoms with Gasteiger partial charge in [-0.3, -0.25) is 0 Å². The third kappa shape index (κ3) is 4.74. The van der Waals surface area contributed by atoms with E-state index in [9.17, 15) is 5.11 Å². The van der Waals surface area contributed by atoms with E-state index >= 15 is 0 Å². The molecule has 1 N–H and O–H groups in total. The van der Waals surface area contributed by atoms with Gasteiger partial charge >= 0.3 is 0 Å². The fourth-order valence-electron chi connectivity index (χ4n) is 4.00. The second-order valence-electron chi connectivity index (χ2n) is 8.24. The summed E-state index contributed by atoms with van der Waals surface area (Å²) in [4.78, 5) is 7.92. The summed E-state index contributed by atoms with van der Waals surface area (Å²) in [6.45, 7) is 0.742. The van der Waals surface area contributed by atoms with E-state index < -0.39 is 5.60 Å². The molecule has 2 heterocycles. The number of pyridine rings is 1. The molecule has 0 saturated carbocycles. The molecule has 4 nitrogen and oxygen atoms in total. The summed E-state index contributed by atoms with van der Waals surface area (Å²) < 4.78 is 6.62. The van der Waals surface area contributed by atoms with Gasteiger partial charge in [0.15, 0.2) is 0 Å². The van der Waals surface area contributed by atoms with E-state index in [0.717, 1.165) is 44.3 Å². The average Bonchev–Trinajstić information content (AvgIpc) is 3.33. The molecule has 4 aromatic rings. The predicted molar refractivity (Wildman–Crippen MR) is 136 cm³/mol. The van der Waals surface area contributed by atoms with Crippen LogP contribution in [-0.2, 0) is 12.0 Å². The van der Waals surface area contributed by atoms with Crippen molar-refractivity contribution in [3.05, 3.63) is 92.1 Å². The van der Waals surface area contributed by atoms with E-state index in [-0.39, 0.29) is 0 Å². The van der Waals surface area contributed by atoms with Crippen LogP contribution >= 0.6 is 27.3 Å². The summed E-state index contributed by atoms with van der Waals surface area (Å²) >= 11 is 5.23. The molecule has 0 aliphatic rings. The van der Waals surface area contributed by atoms with E-state index in [4.69, 9.17) is 9.72 Å². The molecule has 6 heteroatoms. The molecule has 4 rings (SSSR count). The van der Waals surface area contributed by atoms with Crippen LogP contribution in [0.1, 0.15) is 28.0 Å². The zero-order chi connectivity index (χ0) is 22.7. The lowest BCUT2D eigenvalue weighted by atomic mass is 9.86. The highest BCUT2D eigenvalue weighted by Crippen LogP contribution is 2.41. The van der Waals surface area contributed by atoms with Crippen LogP contribution in [0.5, 0.6) is 5.88 Å². The summed E-state index contributed by atoms with van der Waals surface area (Å²) in [5.41, 5.74) is 2.61. The molecule has 0 saturated heterocycles. The number of halogens is 1. The van der Waals surface area contributed by atoms with E-state index in [2.05, 4.69) is 45.1 Å². The van der Waals surface area contributed by atoms with Crippen molar-refractivity contribution in [1.29, 1.82) is 0 Å². The minimum atomic E-state index is -1.15. The monoisotopic (exact) mass is 510 g/mol. The Kier molecular flexibility index (Phi) is 6.96. The van der Waals surface area contributed by atoms with Crippen LogP contribution in [0, 0.1) is 0 Å². The molecular weight excluding hydrogens is 484 g/mol. The van der Waals surface area contributed by atoms with E-state index in [1.807, 2.05) is 55.9 Å². The molecule has 2 aromatic carbocycles. The fourth-order valence-corrected chi connectivity index (χ4v) is 5.35. The maximum Gasteiger partial charge on any atom is 0.217 e. The highest BCUT2D eigenvalue weighted by molar-refractivity contribution is 9.10. The van der Waals surface area contributed by atoms with Gasteiger partial charge in [-0.2, -0.15) is 0 Å². The Hall–Kier alpha value is -2.25. The highest BCUT2D eigenvalue weighted by Gasteiger charge is 2.35. The maximum atomic E-state index is 12.1. The molecule has 0 spiro atoms. The molecule has 0 fully saturated rings. The molecular formula is C26H27BrN2O2S. The van der Waals surface area contributed by atoms with Crippen molar-refractivity contribution in [2.24, 2.45) is 0 Å². The quantitative estimate of drug-likeness (QED) is 0.323. The standard InChI is InChI=1S/C26H27BrN2O2S/c1-29(2)12-11-26(30,23-10-7-13-32-23)22-17-21(27)16-19-15-20(25(31-3)28-24(19)22)14-18-8-5-4-6-9-18/h4-10,13,15-17,30H,11-12,14H2,1-3H3. The molecule has 0 aliphatic carbocycles. The third-order valence-corrected chi connectivity index (χ3v) is 7.13. The first-order valence-corrected chi connectivity index (χ1v) is 12.2. The zero-order valence-electron chi connectivity index (χ0n) is 18.5. The smallest absolute Gasteiger partial charge is 0.217 e. The third-order valence-electron chi connectivity index (χ3n) is 5.65. The van der Waals surface area contributed by atoms with Gasteiger partial charge in [0.2, 0.25) is 5.88 Å². The number of benzene rings is 2. The van der Waals surface area contributed by atoms with E-state index in [1.54, 1.807) is 18.4 Å². The van der Waals surface area contributed by atoms with Gasteiger partial charge in [0.05, 0.1) is 12.6 Å². The lowest BCUT2D eigenvalue weighted by Gasteiger charge is -2.30. The Labute approximate surface area is 201 Å². The Bertz CT molecular complexity index is 1200. The number of thiophene rings is 1. The van der Waals surface area contributed by atoms with Crippen molar-refractivity contribution < 1.29 is 9.84 Å². The van der Waals surface area contributed by atoms with Gasteiger partial charge in [0.25, 0.3) is 0 Å². The average molecular weight is 511 g/mol. The zero-order valence-corrected chi connectivity index (χ0v) is 20.9. The first-order chi connectivity index (χ1) is 15.4.